The van der Waals surface area contributed by atoms with E-state index in [9.17, 15) is 4.79 Å². The highest BCUT2D eigenvalue weighted by Gasteiger charge is 2.07. The summed E-state index contributed by atoms with van der Waals surface area (Å²) in [6.07, 6.45) is 4.74. The summed E-state index contributed by atoms with van der Waals surface area (Å²) < 4.78 is 0. The van der Waals surface area contributed by atoms with E-state index in [4.69, 9.17) is 11.6 Å². The number of hydrogen-bond acceptors (Lipinski definition) is 2. The molecule has 4 heteroatoms. The normalized spacial score (nSPS) is 10.3. The van der Waals surface area contributed by atoms with Gasteiger partial charge in [-0.25, -0.2) is 0 Å². The maximum Gasteiger partial charge on any atom is 0.239 e. The molecule has 0 aromatic heterocycles. The van der Waals surface area contributed by atoms with Crippen molar-refractivity contribution >= 4 is 28.9 Å². The first-order valence-electron chi connectivity index (χ1n) is 7.42. The lowest BCUT2D eigenvalue weighted by Crippen LogP contribution is -2.25. The van der Waals surface area contributed by atoms with Gasteiger partial charge in [-0.05, 0) is 31.0 Å². The van der Waals surface area contributed by atoms with Crippen LogP contribution in [-0.2, 0) is 4.79 Å². The highest BCUT2D eigenvalue weighted by molar-refractivity contribution is 6.29. The maximum atomic E-state index is 11.3. The minimum absolute atomic E-state index is 0.0143. The highest BCUT2D eigenvalue weighted by atomic mass is 35.5. The highest BCUT2D eigenvalue weighted by Crippen LogP contribution is 2.20. The molecule has 0 aliphatic carbocycles. The van der Waals surface area contributed by atoms with Crippen LogP contribution in [0.1, 0.15) is 39.5 Å². The van der Waals surface area contributed by atoms with Gasteiger partial charge in [0.2, 0.25) is 5.91 Å². The third-order valence-electron chi connectivity index (χ3n) is 3.18. The molecule has 1 N–H and O–H groups in total. The average Bonchev–Trinajstić information content (AvgIpc) is 2.47. The zero-order valence-electron chi connectivity index (χ0n) is 12.5. The van der Waals surface area contributed by atoms with Crippen LogP contribution in [0.3, 0.4) is 0 Å². The SMILES string of the molecule is CCCCN(CCCC)c1cccc(NC(=O)CCl)c1. The molecule has 0 aliphatic rings. The summed E-state index contributed by atoms with van der Waals surface area (Å²) in [5, 5.41) is 2.80. The van der Waals surface area contributed by atoms with Crippen LogP contribution in [0.5, 0.6) is 0 Å². The molecule has 1 amide bonds. The van der Waals surface area contributed by atoms with Gasteiger partial charge in [0, 0.05) is 24.5 Å². The van der Waals surface area contributed by atoms with E-state index in [1.54, 1.807) is 0 Å². The Labute approximate surface area is 127 Å². The Morgan fingerprint density at radius 2 is 1.85 bits per heavy atom. The Morgan fingerprint density at radius 1 is 1.20 bits per heavy atom. The molecule has 1 aromatic rings. The fourth-order valence-corrected chi connectivity index (χ4v) is 2.11. The third kappa shape index (κ3) is 5.83. The van der Waals surface area contributed by atoms with E-state index in [1.165, 1.54) is 31.4 Å². The minimum Gasteiger partial charge on any atom is -0.371 e. The van der Waals surface area contributed by atoms with Gasteiger partial charge in [0.05, 0.1) is 0 Å². The number of hydrogen-bond donors (Lipinski definition) is 1. The molecule has 0 saturated carbocycles. The number of alkyl halides is 1. The molecule has 0 radical (unpaired) electrons. The number of carbonyl (C=O) groups excluding carboxylic acids is 1. The molecular formula is C16H25ClN2O. The molecule has 0 saturated heterocycles. The Hall–Kier alpha value is -1.22. The van der Waals surface area contributed by atoms with Gasteiger partial charge in [0.15, 0.2) is 0 Å². The summed E-state index contributed by atoms with van der Waals surface area (Å²) in [6.45, 7) is 6.52. The monoisotopic (exact) mass is 296 g/mol. The molecule has 0 unspecified atom stereocenters. The first kappa shape index (κ1) is 16.8. The molecule has 3 nitrogen and oxygen atoms in total. The topological polar surface area (TPSA) is 32.3 Å². The first-order valence-corrected chi connectivity index (χ1v) is 7.95. The van der Waals surface area contributed by atoms with Crippen LogP contribution in [0.25, 0.3) is 0 Å². The van der Waals surface area contributed by atoms with Gasteiger partial charge in [-0.1, -0.05) is 32.8 Å². The van der Waals surface area contributed by atoms with Gasteiger partial charge in [-0.15, -0.1) is 11.6 Å². The predicted octanol–water partition coefficient (Wildman–Crippen LogP) is 4.27. The standard InChI is InChI=1S/C16H25ClN2O/c1-3-5-10-19(11-6-4-2)15-9-7-8-14(12-15)18-16(20)13-17/h7-9,12H,3-6,10-11,13H2,1-2H3,(H,18,20). The number of nitrogens with zero attached hydrogens (tertiary/aromatic N) is 1. The molecule has 0 spiro atoms. The van der Waals surface area contributed by atoms with E-state index in [0.29, 0.717) is 0 Å². The van der Waals surface area contributed by atoms with E-state index < -0.39 is 0 Å². The largest absolute Gasteiger partial charge is 0.371 e. The molecule has 0 atom stereocenters. The van der Waals surface area contributed by atoms with Crippen molar-refractivity contribution in [2.24, 2.45) is 0 Å². The number of nitrogens with one attached hydrogen (secondary N) is 1. The second-order valence-electron chi connectivity index (χ2n) is 4.93. The number of unbranched alkanes of at least 4 members (excludes halogenated alkanes) is 2. The molecule has 112 valence electrons. The van der Waals surface area contributed by atoms with Crippen molar-refractivity contribution in [1.29, 1.82) is 0 Å². The quantitative estimate of drug-likeness (QED) is 0.690. The number of carbonyl (C=O) groups is 1. The van der Waals surface area contributed by atoms with Crippen molar-refractivity contribution in [2.45, 2.75) is 39.5 Å². The number of anilines is 2. The van der Waals surface area contributed by atoms with Crippen molar-refractivity contribution in [3.63, 3.8) is 0 Å². The predicted molar refractivity (Wildman–Crippen MR) is 87.8 cm³/mol. The fourth-order valence-electron chi connectivity index (χ4n) is 2.04. The van der Waals surface area contributed by atoms with Crippen LogP contribution >= 0.6 is 11.6 Å². The second-order valence-corrected chi connectivity index (χ2v) is 5.19. The van der Waals surface area contributed by atoms with Crippen LogP contribution in [0.15, 0.2) is 24.3 Å². The lowest BCUT2D eigenvalue weighted by atomic mass is 10.2. The van der Waals surface area contributed by atoms with Gasteiger partial charge in [0.25, 0.3) is 0 Å². The lowest BCUT2D eigenvalue weighted by molar-refractivity contribution is -0.113. The summed E-state index contributed by atoms with van der Waals surface area (Å²) in [6, 6.07) is 7.99. The van der Waals surface area contributed by atoms with E-state index in [-0.39, 0.29) is 11.8 Å². The van der Waals surface area contributed by atoms with E-state index in [0.717, 1.165) is 18.8 Å². The van der Waals surface area contributed by atoms with Gasteiger partial charge in [0.1, 0.15) is 5.88 Å². The second kappa shape index (κ2) is 9.65. The summed E-state index contributed by atoms with van der Waals surface area (Å²) in [7, 11) is 0. The van der Waals surface area contributed by atoms with E-state index in [2.05, 4.69) is 30.1 Å². The summed E-state index contributed by atoms with van der Waals surface area (Å²) >= 11 is 5.52. The summed E-state index contributed by atoms with van der Waals surface area (Å²) in [5.41, 5.74) is 1.98. The Morgan fingerprint density at radius 3 is 2.40 bits per heavy atom. The van der Waals surface area contributed by atoms with Gasteiger partial charge >= 0.3 is 0 Å². The van der Waals surface area contributed by atoms with Crippen molar-refractivity contribution in [1.82, 2.24) is 0 Å². The molecule has 20 heavy (non-hydrogen) atoms. The molecule has 0 aliphatic heterocycles. The zero-order valence-corrected chi connectivity index (χ0v) is 13.2. The van der Waals surface area contributed by atoms with Crippen LogP contribution in [0.2, 0.25) is 0 Å². The van der Waals surface area contributed by atoms with Gasteiger partial charge in [-0.3, -0.25) is 4.79 Å². The Bertz CT molecular complexity index is 401. The van der Waals surface area contributed by atoms with Crippen LogP contribution < -0.4 is 10.2 Å². The smallest absolute Gasteiger partial charge is 0.239 e. The van der Waals surface area contributed by atoms with Crippen molar-refractivity contribution in [3.05, 3.63) is 24.3 Å². The van der Waals surface area contributed by atoms with Crippen molar-refractivity contribution < 1.29 is 4.79 Å². The van der Waals surface area contributed by atoms with Crippen LogP contribution in [0, 0.1) is 0 Å². The number of benzene rings is 1. The van der Waals surface area contributed by atoms with Gasteiger partial charge < -0.3 is 10.2 Å². The van der Waals surface area contributed by atoms with Crippen molar-refractivity contribution in [2.75, 3.05) is 29.2 Å². The summed E-state index contributed by atoms with van der Waals surface area (Å²) in [5.74, 6) is -0.183. The Kier molecular flexibility index (Phi) is 8.12. The van der Waals surface area contributed by atoms with Gasteiger partial charge in [-0.2, -0.15) is 0 Å². The third-order valence-corrected chi connectivity index (χ3v) is 3.42. The van der Waals surface area contributed by atoms with Crippen LogP contribution in [-0.4, -0.2) is 24.9 Å². The minimum atomic E-state index is -0.169. The molecule has 0 bridgehead atoms. The first-order chi connectivity index (χ1) is 9.71. The van der Waals surface area contributed by atoms with E-state index in [1.807, 2.05) is 18.2 Å². The maximum absolute atomic E-state index is 11.3. The lowest BCUT2D eigenvalue weighted by Gasteiger charge is -2.25. The van der Waals surface area contributed by atoms with Crippen LogP contribution in [0.4, 0.5) is 11.4 Å². The number of halogens is 1. The molecule has 0 fully saturated rings. The van der Waals surface area contributed by atoms with Crippen molar-refractivity contribution in [3.8, 4) is 0 Å². The molecular weight excluding hydrogens is 272 g/mol. The fraction of sp³-hybridized carbons (Fsp3) is 0.562. The number of rotatable bonds is 9. The Balaban J connectivity index is 2.77. The molecule has 1 aromatic carbocycles. The molecule has 0 heterocycles. The average molecular weight is 297 g/mol. The molecule has 1 rings (SSSR count). The summed E-state index contributed by atoms with van der Waals surface area (Å²) in [4.78, 5) is 13.7. The van der Waals surface area contributed by atoms with E-state index >= 15 is 0 Å². The zero-order chi connectivity index (χ0) is 14.8. The number of amides is 1.